The Labute approximate surface area is 170 Å². The van der Waals surface area contributed by atoms with Crippen molar-refractivity contribution in [1.29, 1.82) is 0 Å². The summed E-state index contributed by atoms with van der Waals surface area (Å²) in [5.74, 6) is 0.953. The maximum atomic E-state index is 12.3. The fraction of sp³-hybridized carbons (Fsp3) is 0.143. The molecule has 8 heteroatoms. The lowest BCUT2D eigenvalue weighted by atomic mass is 10.1. The number of benzene rings is 1. The lowest BCUT2D eigenvalue weighted by molar-refractivity contribution is 0.101. The van der Waals surface area contributed by atoms with E-state index in [9.17, 15) is 4.79 Å². The van der Waals surface area contributed by atoms with Gasteiger partial charge in [0, 0.05) is 34.8 Å². The molecule has 29 heavy (non-hydrogen) atoms. The molecule has 5 rings (SSSR count). The molecule has 0 bridgehead atoms. The van der Waals surface area contributed by atoms with Crippen LogP contribution in [-0.4, -0.2) is 21.0 Å². The van der Waals surface area contributed by atoms with Gasteiger partial charge in [0.2, 0.25) is 0 Å². The van der Waals surface area contributed by atoms with E-state index in [-0.39, 0.29) is 5.91 Å². The Balaban J connectivity index is 1.24. The number of aromatic nitrogens is 3. The average molecular weight is 403 g/mol. The van der Waals surface area contributed by atoms with Crippen LogP contribution in [0.25, 0.3) is 11.3 Å². The molecule has 0 atom stereocenters. The van der Waals surface area contributed by atoms with E-state index in [2.05, 4.69) is 25.8 Å². The van der Waals surface area contributed by atoms with E-state index in [1.54, 1.807) is 18.5 Å². The van der Waals surface area contributed by atoms with Crippen LogP contribution in [0.3, 0.4) is 0 Å². The van der Waals surface area contributed by atoms with Crippen LogP contribution in [-0.2, 0) is 0 Å². The minimum absolute atomic E-state index is 0.273. The Morgan fingerprint density at radius 2 is 2.00 bits per heavy atom. The molecule has 1 saturated carbocycles. The van der Waals surface area contributed by atoms with Gasteiger partial charge in [-0.2, -0.15) is 0 Å². The van der Waals surface area contributed by atoms with Crippen molar-refractivity contribution < 1.29 is 9.32 Å². The van der Waals surface area contributed by atoms with E-state index < -0.39 is 0 Å². The predicted octanol–water partition coefficient (Wildman–Crippen LogP) is 5.07. The summed E-state index contributed by atoms with van der Waals surface area (Å²) in [6.07, 6.45) is 5.69. The number of anilines is 3. The molecular weight excluding hydrogens is 386 g/mol. The fourth-order valence-corrected chi connectivity index (χ4v) is 3.64. The minimum atomic E-state index is -0.273. The minimum Gasteiger partial charge on any atom is -0.360 e. The highest BCUT2D eigenvalue weighted by molar-refractivity contribution is 7.14. The van der Waals surface area contributed by atoms with Gasteiger partial charge in [0.1, 0.15) is 5.76 Å². The van der Waals surface area contributed by atoms with E-state index in [0.29, 0.717) is 17.3 Å². The second kappa shape index (κ2) is 7.48. The van der Waals surface area contributed by atoms with Crippen LogP contribution in [0.2, 0.25) is 0 Å². The lowest BCUT2D eigenvalue weighted by Crippen LogP contribution is -2.12. The summed E-state index contributed by atoms with van der Waals surface area (Å²) in [5.41, 5.74) is 3.73. The molecular formula is C21H17N5O2S. The Morgan fingerprint density at radius 1 is 1.14 bits per heavy atom. The predicted molar refractivity (Wildman–Crippen MR) is 112 cm³/mol. The van der Waals surface area contributed by atoms with Crippen molar-refractivity contribution in [1.82, 2.24) is 15.1 Å². The first-order valence-corrected chi connectivity index (χ1v) is 10.1. The largest absolute Gasteiger partial charge is 0.360 e. The van der Waals surface area contributed by atoms with Crippen LogP contribution in [0.5, 0.6) is 0 Å². The van der Waals surface area contributed by atoms with Crippen molar-refractivity contribution >= 4 is 33.8 Å². The molecule has 4 aromatic rings. The topological polar surface area (TPSA) is 92.9 Å². The number of carbonyl (C=O) groups excluding carboxylic acids is 1. The first-order valence-electron chi connectivity index (χ1n) is 9.25. The van der Waals surface area contributed by atoms with Crippen molar-refractivity contribution in [2.45, 2.75) is 18.8 Å². The Bertz CT molecular complexity index is 1130. The summed E-state index contributed by atoms with van der Waals surface area (Å²) in [6.45, 7) is 0. The number of thiazole rings is 1. The molecule has 1 fully saturated rings. The number of rotatable bonds is 6. The highest BCUT2D eigenvalue weighted by Crippen LogP contribution is 2.40. The number of nitrogens with zero attached hydrogens (tertiary/aromatic N) is 3. The maximum Gasteiger partial charge on any atom is 0.277 e. The van der Waals surface area contributed by atoms with Crippen molar-refractivity contribution in [3.63, 3.8) is 0 Å². The molecule has 0 unspecified atom stereocenters. The Kier molecular flexibility index (Phi) is 4.53. The standard InChI is InChI=1S/C21H17N5O2S/c27-20(17-10-19(28-26-17)14-3-4-14)23-15-7-5-13(6-8-15)18-12-29-21(25-18)24-16-2-1-9-22-11-16/h1-2,5-12,14H,3-4H2,(H,23,27)(H,24,25). The van der Waals surface area contributed by atoms with Gasteiger partial charge in [-0.25, -0.2) is 4.98 Å². The average Bonchev–Trinajstić information content (AvgIpc) is 3.29. The normalized spacial score (nSPS) is 13.2. The number of hydrogen-bond donors (Lipinski definition) is 2. The van der Waals surface area contributed by atoms with Crippen molar-refractivity contribution in [3.05, 3.63) is 71.7 Å². The molecule has 1 amide bonds. The second-order valence-electron chi connectivity index (χ2n) is 6.82. The fourth-order valence-electron chi connectivity index (χ4n) is 2.90. The molecule has 3 heterocycles. The number of carbonyl (C=O) groups is 1. The zero-order chi connectivity index (χ0) is 19.6. The third kappa shape index (κ3) is 4.02. The van der Waals surface area contributed by atoms with Crippen LogP contribution < -0.4 is 10.6 Å². The summed E-state index contributed by atoms with van der Waals surface area (Å²) in [7, 11) is 0. The first kappa shape index (κ1) is 17.6. The molecule has 0 spiro atoms. The molecule has 3 aromatic heterocycles. The summed E-state index contributed by atoms with van der Waals surface area (Å²) in [6, 6.07) is 13.1. The number of hydrogen-bond acceptors (Lipinski definition) is 7. The second-order valence-corrected chi connectivity index (χ2v) is 7.68. The summed E-state index contributed by atoms with van der Waals surface area (Å²) < 4.78 is 5.24. The van der Waals surface area contributed by atoms with Crippen LogP contribution >= 0.6 is 11.3 Å². The SMILES string of the molecule is O=C(Nc1ccc(-c2csc(Nc3cccnc3)n2)cc1)c1cc(C2CC2)on1. The molecule has 1 aromatic carbocycles. The third-order valence-corrected chi connectivity index (χ3v) is 5.35. The van der Waals surface area contributed by atoms with E-state index in [1.807, 2.05) is 41.8 Å². The molecule has 0 radical (unpaired) electrons. The molecule has 0 aliphatic heterocycles. The zero-order valence-electron chi connectivity index (χ0n) is 15.3. The van der Waals surface area contributed by atoms with Crippen LogP contribution in [0.1, 0.15) is 35.0 Å². The maximum absolute atomic E-state index is 12.3. The third-order valence-electron chi connectivity index (χ3n) is 4.60. The summed E-state index contributed by atoms with van der Waals surface area (Å²) >= 11 is 1.52. The highest BCUT2D eigenvalue weighted by Gasteiger charge is 2.28. The van der Waals surface area contributed by atoms with E-state index in [0.717, 1.165) is 40.7 Å². The van der Waals surface area contributed by atoms with Gasteiger partial charge in [-0.05, 0) is 37.1 Å². The van der Waals surface area contributed by atoms with E-state index >= 15 is 0 Å². The van der Waals surface area contributed by atoms with Gasteiger partial charge in [0.25, 0.3) is 5.91 Å². The molecule has 0 saturated heterocycles. The molecule has 1 aliphatic rings. The van der Waals surface area contributed by atoms with Crippen LogP contribution in [0, 0.1) is 0 Å². The number of pyridine rings is 1. The van der Waals surface area contributed by atoms with Crippen molar-refractivity contribution in [2.24, 2.45) is 0 Å². The van der Waals surface area contributed by atoms with E-state index in [4.69, 9.17) is 4.52 Å². The summed E-state index contributed by atoms with van der Waals surface area (Å²) in [5, 5.41) is 12.7. The molecule has 1 aliphatic carbocycles. The molecule has 2 N–H and O–H groups in total. The van der Waals surface area contributed by atoms with Crippen LogP contribution in [0.4, 0.5) is 16.5 Å². The first-order chi connectivity index (χ1) is 14.2. The van der Waals surface area contributed by atoms with Crippen LogP contribution in [0.15, 0.2) is 64.8 Å². The van der Waals surface area contributed by atoms with Gasteiger partial charge >= 0.3 is 0 Å². The van der Waals surface area contributed by atoms with Gasteiger partial charge in [-0.1, -0.05) is 17.3 Å². The molecule has 7 nitrogen and oxygen atoms in total. The van der Waals surface area contributed by atoms with Gasteiger partial charge < -0.3 is 15.2 Å². The smallest absolute Gasteiger partial charge is 0.277 e. The van der Waals surface area contributed by atoms with Gasteiger partial charge in [0.05, 0.1) is 17.6 Å². The Morgan fingerprint density at radius 3 is 2.76 bits per heavy atom. The molecule has 144 valence electrons. The van der Waals surface area contributed by atoms with Gasteiger partial charge in [-0.15, -0.1) is 11.3 Å². The Hall–Kier alpha value is -3.52. The van der Waals surface area contributed by atoms with Crippen molar-refractivity contribution in [3.8, 4) is 11.3 Å². The zero-order valence-corrected chi connectivity index (χ0v) is 16.1. The van der Waals surface area contributed by atoms with E-state index in [1.165, 1.54) is 11.3 Å². The van der Waals surface area contributed by atoms with Crippen molar-refractivity contribution in [2.75, 3.05) is 10.6 Å². The monoisotopic (exact) mass is 403 g/mol. The highest BCUT2D eigenvalue weighted by atomic mass is 32.1. The number of nitrogens with one attached hydrogen (secondary N) is 2. The number of amides is 1. The quantitative estimate of drug-likeness (QED) is 0.467. The summed E-state index contributed by atoms with van der Waals surface area (Å²) in [4.78, 5) is 21.0. The lowest BCUT2D eigenvalue weighted by Gasteiger charge is -2.04. The van der Waals surface area contributed by atoms with Gasteiger partial charge in [-0.3, -0.25) is 9.78 Å². The van der Waals surface area contributed by atoms with Gasteiger partial charge in [0.15, 0.2) is 10.8 Å².